The number of nitrogens with zero attached hydrogens (tertiary/aromatic N) is 3. The third-order valence-electron chi connectivity index (χ3n) is 4.04. The Bertz CT molecular complexity index is 1070. The molecule has 0 saturated heterocycles. The summed E-state index contributed by atoms with van der Waals surface area (Å²) in [4.78, 5) is 24.8. The molecule has 0 spiro atoms. The molecule has 0 radical (unpaired) electrons. The summed E-state index contributed by atoms with van der Waals surface area (Å²) in [5.74, 6) is 0.0467. The van der Waals surface area contributed by atoms with Gasteiger partial charge in [-0.05, 0) is 12.1 Å². The second-order valence-electron chi connectivity index (χ2n) is 6.91. The van der Waals surface area contributed by atoms with Crippen molar-refractivity contribution in [2.24, 2.45) is 5.41 Å². The maximum absolute atomic E-state index is 12.6. The molecule has 6 heteroatoms. The second-order valence-corrected chi connectivity index (χ2v) is 6.91. The van der Waals surface area contributed by atoms with Crippen LogP contribution in [0.3, 0.4) is 0 Å². The maximum Gasteiger partial charge on any atom is 0.171 e. The molecule has 0 atom stereocenters. The van der Waals surface area contributed by atoms with Crippen LogP contribution in [0.2, 0.25) is 0 Å². The predicted octanol–water partition coefficient (Wildman–Crippen LogP) is 3.73. The Morgan fingerprint density at radius 1 is 1.17 bits per heavy atom. The van der Waals surface area contributed by atoms with E-state index in [2.05, 4.69) is 25.1 Å². The number of aromatic nitrogens is 5. The van der Waals surface area contributed by atoms with E-state index in [1.54, 1.807) is 18.6 Å². The van der Waals surface area contributed by atoms with Crippen molar-refractivity contribution < 1.29 is 4.79 Å². The van der Waals surface area contributed by atoms with Crippen LogP contribution in [-0.4, -0.2) is 30.9 Å². The zero-order valence-corrected chi connectivity index (χ0v) is 13.7. The molecular formula is C18H17N5O. The largest absolute Gasteiger partial charge is 0.344 e. The summed E-state index contributed by atoms with van der Waals surface area (Å²) in [5.41, 5.74) is 3.98. The number of hydrogen-bond donors (Lipinski definition) is 2. The van der Waals surface area contributed by atoms with E-state index in [0.29, 0.717) is 16.7 Å². The molecule has 24 heavy (non-hydrogen) atoms. The van der Waals surface area contributed by atoms with Crippen molar-refractivity contribution in [1.82, 2.24) is 25.1 Å². The standard InChI is InChI=1S/C18H17N5O/c1-18(2,3)16(24)12-8-19-17-15(12)22-14(9-20-17)10-4-5-13-11(6-10)7-21-23-13/h4-9H,1-3H3,(H,19,20)(H,21,23). The molecule has 3 aromatic heterocycles. The molecule has 6 nitrogen and oxygen atoms in total. The van der Waals surface area contributed by atoms with Crippen LogP contribution >= 0.6 is 0 Å². The van der Waals surface area contributed by atoms with Gasteiger partial charge in [0.2, 0.25) is 0 Å². The summed E-state index contributed by atoms with van der Waals surface area (Å²) in [6.45, 7) is 5.70. The van der Waals surface area contributed by atoms with Gasteiger partial charge in [0.25, 0.3) is 0 Å². The monoisotopic (exact) mass is 319 g/mol. The average molecular weight is 319 g/mol. The van der Waals surface area contributed by atoms with E-state index in [9.17, 15) is 4.79 Å². The van der Waals surface area contributed by atoms with Crippen LogP contribution in [0.25, 0.3) is 33.3 Å². The Kier molecular flexibility index (Phi) is 3.03. The minimum absolute atomic E-state index is 0.0467. The van der Waals surface area contributed by atoms with Crippen molar-refractivity contribution in [2.75, 3.05) is 0 Å². The van der Waals surface area contributed by atoms with E-state index in [-0.39, 0.29) is 5.78 Å². The molecular weight excluding hydrogens is 302 g/mol. The van der Waals surface area contributed by atoms with E-state index >= 15 is 0 Å². The Morgan fingerprint density at radius 2 is 2.00 bits per heavy atom. The molecule has 0 amide bonds. The van der Waals surface area contributed by atoms with Gasteiger partial charge in [-0.25, -0.2) is 9.97 Å². The highest BCUT2D eigenvalue weighted by atomic mass is 16.1. The smallest absolute Gasteiger partial charge is 0.171 e. The Labute approximate surface area is 138 Å². The molecule has 0 fully saturated rings. The fourth-order valence-electron chi connectivity index (χ4n) is 2.71. The molecule has 0 aliphatic heterocycles. The van der Waals surface area contributed by atoms with Crippen LogP contribution in [0.5, 0.6) is 0 Å². The highest BCUT2D eigenvalue weighted by molar-refractivity contribution is 6.08. The van der Waals surface area contributed by atoms with E-state index < -0.39 is 5.41 Å². The number of hydrogen-bond acceptors (Lipinski definition) is 4. The predicted molar refractivity (Wildman–Crippen MR) is 92.8 cm³/mol. The lowest BCUT2D eigenvalue weighted by atomic mass is 9.87. The maximum atomic E-state index is 12.6. The third-order valence-corrected chi connectivity index (χ3v) is 4.04. The van der Waals surface area contributed by atoms with Crippen LogP contribution in [0.15, 0.2) is 36.8 Å². The van der Waals surface area contributed by atoms with Gasteiger partial charge in [-0.2, -0.15) is 5.10 Å². The van der Waals surface area contributed by atoms with E-state index in [1.165, 1.54) is 0 Å². The minimum Gasteiger partial charge on any atom is -0.344 e. The van der Waals surface area contributed by atoms with Crippen LogP contribution in [0.4, 0.5) is 0 Å². The summed E-state index contributed by atoms with van der Waals surface area (Å²) < 4.78 is 0. The number of fused-ring (bicyclic) bond motifs is 2. The SMILES string of the molecule is CC(C)(C)C(=O)c1c[nH]c2ncc(-c3ccc4[nH]ncc4c3)nc12. The van der Waals surface area contributed by atoms with Crippen molar-refractivity contribution in [1.29, 1.82) is 0 Å². The van der Waals surface area contributed by atoms with Crippen LogP contribution < -0.4 is 0 Å². The molecule has 0 bridgehead atoms. The van der Waals surface area contributed by atoms with Crippen molar-refractivity contribution in [2.45, 2.75) is 20.8 Å². The Morgan fingerprint density at radius 3 is 2.79 bits per heavy atom. The van der Waals surface area contributed by atoms with Gasteiger partial charge in [-0.15, -0.1) is 0 Å². The molecule has 4 rings (SSSR count). The molecule has 120 valence electrons. The van der Waals surface area contributed by atoms with Crippen molar-refractivity contribution >= 4 is 27.9 Å². The van der Waals surface area contributed by atoms with E-state index in [1.807, 2.05) is 39.0 Å². The van der Waals surface area contributed by atoms with Crippen molar-refractivity contribution in [3.8, 4) is 11.3 Å². The van der Waals surface area contributed by atoms with Crippen molar-refractivity contribution in [3.63, 3.8) is 0 Å². The number of Topliss-reactive ketones (excluding diaryl/α,β-unsaturated/α-hetero) is 1. The summed E-state index contributed by atoms with van der Waals surface area (Å²) in [6, 6.07) is 5.93. The minimum atomic E-state index is -0.470. The second kappa shape index (κ2) is 4.99. The average Bonchev–Trinajstić information content (AvgIpc) is 3.18. The summed E-state index contributed by atoms with van der Waals surface area (Å²) in [5, 5.41) is 7.97. The molecule has 0 aliphatic carbocycles. The number of nitrogens with one attached hydrogen (secondary N) is 2. The molecule has 0 saturated carbocycles. The van der Waals surface area contributed by atoms with Gasteiger partial charge in [-0.3, -0.25) is 9.89 Å². The first-order valence-corrected chi connectivity index (χ1v) is 7.76. The third kappa shape index (κ3) is 2.27. The van der Waals surface area contributed by atoms with Crippen LogP contribution in [-0.2, 0) is 0 Å². The van der Waals surface area contributed by atoms with Gasteiger partial charge in [0.15, 0.2) is 11.4 Å². The summed E-state index contributed by atoms with van der Waals surface area (Å²) >= 11 is 0. The fourth-order valence-corrected chi connectivity index (χ4v) is 2.71. The van der Waals surface area contributed by atoms with Gasteiger partial charge in [-0.1, -0.05) is 26.8 Å². The lowest BCUT2D eigenvalue weighted by molar-refractivity contribution is 0.0860. The van der Waals surface area contributed by atoms with Crippen LogP contribution in [0, 0.1) is 5.41 Å². The van der Waals surface area contributed by atoms with E-state index in [4.69, 9.17) is 0 Å². The van der Waals surface area contributed by atoms with Gasteiger partial charge >= 0.3 is 0 Å². The molecule has 1 aromatic carbocycles. The number of ketones is 1. The molecule has 0 unspecified atom stereocenters. The molecule has 2 N–H and O–H groups in total. The van der Waals surface area contributed by atoms with Crippen molar-refractivity contribution in [3.05, 3.63) is 42.4 Å². The number of carbonyl (C=O) groups excluding carboxylic acids is 1. The Hall–Kier alpha value is -3.02. The highest BCUT2D eigenvalue weighted by Crippen LogP contribution is 2.27. The first-order valence-electron chi connectivity index (χ1n) is 7.76. The lowest BCUT2D eigenvalue weighted by Crippen LogP contribution is -2.20. The topological polar surface area (TPSA) is 87.3 Å². The number of benzene rings is 1. The first kappa shape index (κ1) is 14.6. The van der Waals surface area contributed by atoms with Crippen LogP contribution in [0.1, 0.15) is 31.1 Å². The van der Waals surface area contributed by atoms with Gasteiger partial charge in [0.05, 0.1) is 29.2 Å². The van der Waals surface area contributed by atoms with Gasteiger partial charge in [0, 0.05) is 22.6 Å². The Balaban J connectivity index is 1.86. The number of carbonyl (C=O) groups is 1. The van der Waals surface area contributed by atoms with E-state index in [0.717, 1.165) is 22.2 Å². The zero-order chi connectivity index (χ0) is 16.9. The number of aromatic amines is 2. The summed E-state index contributed by atoms with van der Waals surface area (Å²) in [6.07, 6.45) is 5.18. The molecule has 0 aliphatic rings. The molecule has 4 aromatic rings. The first-order chi connectivity index (χ1) is 11.4. The van der Waals surface area contributed by atoms with Gasteiger partial charge < -0.3 is 4.98 Å². The lowest BCUT2D eigenvalue weighted by Gasteiger charge is -2.15. The normalized spacial score (nSPS) is 12.1. The summed E-state index contributed by atoms with van der Waals surface area (Å²) in [7, 11) is 0. The fraction of sp³-hybridized carbons (Fsp3) is 0.222. The molecule has 3 heterocycles. The highest BCUT2D eigenvalue weighted by Gasteiger charge is 2.26. The van der Waals surface area contributed by atoms with Gasteiger partial charge in [0.1, 0.15) is 5.52 Å². The zero-order valence-electron chi connectivity index (χ0n) is 13.7. The number of H-pyrrole nitrogens is 2. The number of rotatable bonds is 2. The quantitative estimate of drug-likeness (QED) is 0.551.